The topological polar surface area (TPSA) is 112 Å². The molecule has 9 heteroatoms. The fourth-order valence-corrected chi connectivity index (χ4v) is 6.42. The van der Waals surface area contributed by atoms with E-state index in [0.717, 1.165) is 41.0 Å². The van der Waals surface area contributed by atoms with Gasteiger partial charge in [-0.1, -0.05) is 103 Å². The normalized spacial score (nSPS) is 17.6. The van der Waals surface area contributed by atoms with Crippen LogP contribution in [0.2, 0.25) is 0 Å². The second-order valence-corrected chi connectivity index (χ2v) is 13.9. The van der Waals surface area contributed by atoms with Gasteiger partial charge >= 0.3 is 0 Å². The number of likely N-dealkylation sites (tertiary alicyclic amines) is 1. The first-order valence-corrected chi connectivity index (χ1v) is 16.9. The minimum Gasteiger partial charge on any atom is -0.391 e. The molecule has 1 aromatic carbocycles. The number of carbonyl (C=O) groups excluding carboxylic acids is 3. The van der Waals surface area contributed by atoms with Crippen LogP contribution in [-0.4, -0.2) is 57.4 Å². The molecule has 3 amide bonds. The lowest BCUT2D eigenvalue weighted by atomic mass is 9.85. The minimum absolute atomic E-state index is 0.0700. The van der Waals surface area contributed by atoms with Crippen molar-refractivity contribution in [2.75, 3.05) is 6.54 Å². The van der Waals surface area contributed by atoms with Gasteiger partial charge in [0, 0.05) is 25.9 Å². The van der Waals surface area contributed by atoms with Crippen molar-refractivity contribution in [3.05, 3.63) is 41.0 Å². The third kappa shape index (κ3) is 10.7. The van der Waals surface area contributed by atoms with Crippen LogP contribution in [0.15, 0.2) is 29.8 Å². The Bertz CT molecular complexity index is 1170. The van der Waals surface area contributed by atoms with E-state index in [1.807, 2.05) is 57.5 Å². The van der Waals surface area contributed by atoms with E-state index in [0.29, 0.717) is 13.0 Å². The number of aliphatic hydroxyl groups excluding tert-OH is 1. The first-order valence-electron chi connectivity index (χ1n) is 16.1. The summed E-state index contributed by atoms with van der Waals surface area (Å²) in [4.78, 5) is 46.8. The van der Waals surface area contributed by atoms with Gasteiger partial charge in [-0.05, 0) is 29.9 Å². The molecule has 0 bridgehead atoms. The van der Waals surface area contributed by atoms with Crippen LogP contribution in [0.5, 0.6) is 0 Å². The number of aryl methyl sites for hydroxylation is 1. The molecule has 1 aliphatic rings. The second kappa shape index (κ2) is 16.9. The summed E-state index contributed by atoms with van der Waals surface area (Å²) in [7, 11) is 0. The van der Waals surface area contributed by atoms with Crippen LogP contribution >= 0.6 is 11.3 Å². The summed E-state index contributed by atoms with van der Waals surface area (Å²) >= 11 is 1.59. The Kier molecular flexibility index (Phi) is 13.6. The molecule has 238 valence electrons. The maximum Gasteiger partial charge on any atom is 0.246 e. The summed E-state index contributed by atoms with van der Waals surface area (Å²) < 4.78 is 0. The molecule has 1 aromatic heterocycles. The number of hydrogen-bond donors (Lipinski definition) is 3. The number of unbranched alkanes of at least 4 members (excludes halogenated alkanes) is 8. The Balaban J connectivity index is 1.52. The highest BCUT2D eigenvalue weighted by Crippen LogP contribution is 2.28. The number of benzene rings is 1. The number of rotatable bonds is 16. The zero-order valence-corrected chi connectivity index (χ0v) is 27.6. The number of β-amino-alcohol motifs (C(OH)–C–C–N with tert-alkyl or cyclic N) is 1. The molecule has 43 heavy (non-hydrogen) atoms. The molecule has 3 N–H and O–H groups in total. The van der Waals surface area contributed by atoms with Crippen LogP contribution in [0.1, 0.15) is 110 Å². The Hall–Kier alpha value is -2.78. The molecule has 8 nitrogen and oxygen atoms in total. The third-order valence-electron chi connectivity index (χ3n) is 8.22. The smallest absolute Gasteiger partial charge is 0.246 e. The molecular weight excluding hydrogens is 560 g/mol. The first-order chi connectivity index (χ1) is 20.5. The average molecular weight is 613 g/mol. The number of nitrogens with one attached hydrogen (secondary N) is 2. The molecule has 3 rings (SSSR count). The van der Waals surface area contributed by atoms with Gasteiger partial charge in [0.15, 0.2) is 0 Å². The molecule has 0 radical (unpaired) electrons. The number of hydrogen-bond acceptors (Lipinski definition) is 6. The van der Waals surface area contributed by atoms with Gasteiger partial charge in [-0.3, -0.25) is 14.4 Å². The summed E-state index contributed by atoms with van der Waals surface area (Å²) in [6.07, 6.45) is 10.3. The second-order valence-electron chi connectivity index (χ2n) is 13.0. The van der Waals surface area contributed by atoms with Crippen molar-refractivity contribution in [3.8, 4) is 10.4 Å². The first kappa shape index (κ1) is 34.7. The Labute approximate surface area is 262 Å². The van der Waals surface area contributed by atoms with Crippen LogP contribution in [0.4, 0.5) is 0 Å². The summed E-state index contributed by atoms with van der Waals surface area (Å²) in [5, 5.41) is 16.4. The summed E-state index contributed by atoms with van der Waals surface area (Å²) in [6, 6.07) is 6.40. The number of carbonyl (C=O) groups is 3. The third-order valence-corrected chi connectivity index (χ3v) is 9.20. The lowest BCUT2D eigenvalue weighted by Crippen LogP contribution is -2.57. The van der Waals surface area contributed by atoms with Gasteiger partial charge < -0.3 is 20.6 Å². The number of thiazole rings is 1. The molecule has 0 unspecified atom stereocenters. The molecule has 1 aliphatic heterocycles. The van der Waals surface area contributed by atoms with E-state index in [-0.39, 0.29) is 30.7 Å². The zero-order valence-electron chi connectivity index (χ0n) is 26.8. The Morgan fingerprint density at radius 1 is 1.02 bits per heavy atom. The van der Waals surface area contributed by atoms with Gasteiger partial charge in [-0.15, -0.1) is 11.3 Å². The molecule has 1 fully saturated rings. The van der Waals surface area contributed by atoms with Gasteiger partial charge in [0.05, 0.1) is 22.2 Å². The van der Waals surface area contributed by atoms with Gasteiger partial charge in [0.2, 0.25) is 17.7 Å². The maximum atomic E-state index is 13.8. The van der Waals surface area contributed by atoms with Crippen LogP contribution in [0.3, 0.4) is 0 Å². The van der Waals surface area contributed by atoms with E-state index in [1.54, 1.807) is 11.3 Å². The lowest BCUT2D eigenvalue weighted by Gasteiger charge is -2.35. The van der Waals surface area contributed by atoms with Crippen molar-refractivity contribution in [1.29, 1.82) is 0 Å². The maximum absolute atomic E-state index is 13.8. The van der Waals surface area contributed by atoms with Gasteiger partial charge in [-0.25, -0.2) is 4.98 Å². The van der Waals surface area contributed by atoms with Crippen molar-refractivity contribution in [2.24, 2.45) is 5.41 Å². The molecule has 2 aromatic rings. The monoisotopic (exact) mass is 612 g/mol. The minimum atomic E-state index is -0.792. The molecule has 3 atom stereocenters. The van der Waals surface area contributed by atoms with E-state index in [9.17, 15) is 19.5 Å². The zero-order chi connectivity index (χ0) is 31.4. The standard InChI is InChI=1S/C34H52N4O4S/c1-6-7-8-9-10-11-12-13-14-15-29(40)37-31(34(3,4)5)33(42)38-22-27(39)20-28(38)32(41)35-21-25-16-18-26(19-17-25)30-24(2)36-23-43-30/h16-19,23,27-28,31,39H,6-15,20-22H2,1-5H3,(H,35,41)(H,37,40)/t27-,28+,31-/m1/s1. The van der Waals surface area contributed by atoms with Crippen LogP contribution in [0.25, 0.3) is 10.4 Å². The summed E-state index contributed by atoms with van der Waals surface area (Å²) in [5.74, 6) is -0.774. The predicted octanol–water partition coefficient (Wildman–Crippen LogP) is 6.15. The van der Waals surface area contributed by atoms with Crippen molar-refractivity contribution in [1.82, 2.24) is 20.5 Å². The van der Waals surface area contributed by atoms with E-state index >= 15 is 0 Å². The van der Waals surface area contributed by atoms with E-state index in [1.165, 1.54) is 43.4 Å². The van der Waals surface area contributed by atoms with Crippen LogP contribution in [0, 0.1) is 12.3 Å². The summed E-state index contributed by atoms with van der Waals surface area (Å²) in [5.41, 5.74) is 4.28. The largest absolute Gasteiger partial charge is 0.391 e. The average Bonchev–Trinajstić information content (AvgIpc) is 3.58. The molecule has 0 saturated carbocycles. The number of nitrogens with zero attached hydrogens (tertiary/aromatic N) is 2. The molecule has 0 aliphatic carbocycles. The predicted molar refractivity (Wildman–Crippen MR) is 173 cm³/mol. The van der Waals surface area contributed by atoms with Crippen LogP contribution in [-0.2, 0) is 20.9 Å². The van der Waals surface area contributed by atoms with Crippen molar-refractivity contribution in [3.63, 3.8) is 0 Å². The van der Waals surface area contributed by atoms with E-state index in [4.69, 9.17) is 0 Å². The fourth-order valence-electron chi connectivity index (χ4n) is 5.61. The van der Waals surface area contributed by atoms with Crippen LogP contribution < -0.4 is 10.6 Å². The number of aromatic nitrogens is 1. The van der Waals surface area contributed by atoms with E-state index < -0.39 is 23.6 Å². The van der Waals surface area contributed by atoms with Crippen molar-refractivity contribution in [2.45, 2.75) is 130 Å². The van der Waals surface area contributed by atoms with Gasteiger partial charge in [-0.2, -0.15) is 0 Å². The molecule has 0 spiro atoms. The Morgan fingerprint density at radius 3 is 2.23 bits per heavy atom. The van der Waals surface area contributed by atoms with Crippen molar-refractivity contribution < 1.29 is 19.5 Å². The summed E-state index contributed by atoms with van der Waals surface area (Å²) in [6.45, 7) is 10.3. The SMILES string of the molecule is CCCCCCCCCCCC(=O)N[C@H](C(=O)N1C[C@H](O)C[C@H]1C(=O)NCc1ccc(-c2scnc2C)cc1)C(C)(C)C. The highest BCUT2D eigenvalue weighted by Gasteiger charge is 2.44. The number of aliphatic hydroxyl groups is 1. The van der Waals surface area contributed by atoms with Crippen molar-refractivity contribution >= 4 is 29.1 Å². The highest BCUT2D eigenvalue weighted by molar-refractivity contribution is 7.13. The lowest BCUT2D eigenvalue weighted by molar-refractivity contribution is -0.144. The van der Waals surface area contributed by atoms with Gasteiger partial charge in [0.1, 0.15) is 12.1 Å². The molecule has 2 heterocycles. The van der Waals surface area contributed by atoms with E-state index in [2.05, 4.69) is 22.5 Å². The number of amides is 3. The Morgan fingerprint density at radius 2 is 1.65 bits per heavy atom. The highest BCUT2D eigenvalue weighted by atomic mass is 32.1. The fraction of sp³-hybridized carbons (Fsp3) is 0.647. The molecule has 1 saturated heterocycles. The van der Waals surface area contributed by atoms with Gasteiger partial charge in [0.25, 0.3) is 0 Å². The molecular formula is C34H52N4O4S. The quantitative estimate of drug-likeness (QED) is 0.197.